The lowest BCUT2D eigenvalue weighted by molar-refractivity contribution is 0.608. The van der Waals surface area contributed by atoms with Crippen molar-refractivity contribution in [3.8, 4) is 0 Å². The van der Waals surface area contributed by atoms with Gasteiger partial charge < -0.3 is 10.7 Å². The van der Waals surface area contributed by atoms with Crippen LogP contribution in [0.4, 0.5) is 11.6 Å². The van der Waals surface area contributed by atoms with Crippen LogP contribution in [0.3, 0.4) is 0 Å². The van der Waals surface area contributed by atoms with E-state index in [0.717, 1.165) is 36.6 Å². The van der Waals surface area contributed by atoms with Crippen LogP contribution < -0.4 is 16.6 Å². The third-order valence-corrected chi connectivity index (χ3v) is 3.37. The second-order valence-electron chi connectivity index (χ2n) is 5.11. The first-order chi connectivity index (χ1) is 8.18. The lowest BCUT2D eigenvalue weighted by Gasteiger charge is -2.15. The second-order valence-corrected chi connectivity index (χ2v) is 5.11. The Kier molecular flexibility index (Phi) is 3.47. The third-order valence-electron chi connectivity index (χ3n) is 3.37. The summed E-state index contributed by atoms with van der Waals surface area (Å²) in [6.45, 7) is 5.41. The molecule has 1 aliphatic carbocycles. The van der Waals surface area contributed by atoms with Gasteiger partial charge in [-0.2, -0.15) is 0 Å². The Morgan fingerprint density at radius 3 is 2.65 bits per heavy atom. The average molecular weight is 235 g/mol. The second kappa shape index (κ2) is 4.87. The molecule has 0 aliphatic heterocycles. The van der Waals surface area contributed by atoms with Crippen molar-refractivity contribution in [2.24, 2.45) is 11.3 Å². The molecule has 4 N–H and O–H groups in total. The fraction of sp³-hybridized carbons (Fsp3) is 0.667. The summed E-state index contributed by atoms with van der Waals surface area (Å²) in [7, 11) is 0. The number of nitrogens with zero attached hydrogens (tertiary/aromatic N) is 2. The molecule has 0 spiro atoms. The Morgan fingerprint density at radius 2 is 2.06 bits per heavy atom. The number of rotatable bonds is 6. The van der Waals surface area contributed by atoms with E-state index in [1.54, 1.807) is 6.33 Å². The minimum absolute atomic E-state index is 0.463. The summed E-state index contributed by atoms with van der Waals surface area (Å²) in [6.07, 6.45) is 6.13. The maximum absolute atomic E-state index is 5.48. The number of anilines is 2. The zero-order valence-electron chi connectivity index (χ0n) is 10.6. The molecule has 0 amide bonds. The molecule has 0 atom stereocenters. The lowest BCUT2D eigenvalue weighted by Crippen LogP contribution is -2.17. The molecule has 17 heavy (non-hydrogen) atoms. The van der Waals surface area contributed by atoms with Crippen molar-refractivity contribution in [2.45, 2.75) is 39.5 Å². The first-order valence-electron chi connectivity index (χ1n) is 6.23. The van der Waals surface area contributed by atoms with Crippen LogP contribution in [0.5, 0.6) is 0 Å². The summed E-state index contributed by atoms with van der Waals surface area (Å²) < 4.78 is 0. The van der Waals surface area contributed by atoms with Gasteiger partial charge in [-0.15, -0.1) is 0 Å². The average Bonchev–Trinajstić information content (AvgIpc) is 3.07. The van der Waals surface area contributed by atoms with Gasteiger partial charge >= 0.3 is 0 Å². The van der Waals surface area contributed by atoms with E-state index in [9.17, 15) is 0 Å². The molecule has 5 nitrogen and oxygen atoms in total. The van der Waals surface area contributed by atoms with Gasteiger partial charge in [0.25, 0.3) is 0 Å². The number of hydrogen-bond donors (Lipinski definition) is 3. The summed E-state index contributed by atoms with van der Waals surface area (Å²) in [6, 6.07) is 0. The van der Waals surface area contributed by atoms with E-state index in [0.29, 0.717) is 5.41 Å². The predicted molar refractivity (Wildman–Crippen MR) is 69.7 cm³/mol. The van der Waals surface area contributed by atoms with Gasteiger partial charge in [0.05, 0.1) is 0 Å². The largest absolute Gasteiger partial charge is 0.369 e. The highest BCUT2D eigenvalue weighted by atomic mass is 15.3. The van der Waals surface area contributed by atoms with E-state index >= 15 is 0 Å². The number of nitrogens with two attached hydrogens (primary N) is 1. The molecule has 1 fully saturated rings. The molecule has 1 heterocycles. The van der Waals surface area contributed by atoms with Crippen molar-refractivity contribution in [2.75, 3.05) is 17.3 Å². The molecular weight excluding hydrogens is 214 g/mol. The molecule has 1 aliphatic rings. The van der Waals surface area contributed by atoms with Gasteiger partial charge in [-0.25, -0.2) is 15.8 Å². The van der Waals surface area contributed by atoms with Gasteiger partial charge in [-0.3, -0.25) is 0 Å². The zero-order valence-corrected chi connectivity index (χ0v) is 10.6. The third kappa shape index (κ3) is 2.85. The van der Waals surface area contributed by atoms with Crippen LogP contribution in [0.2, 0.25) is 0 Å². The highest BCUT2D eigenvalue weighted by Gasteiger charge is 2.37. The first-order valence-corrected chi connectivity index (χ1v) is 6.23. The normalized spacial score (nSPS) is 16.6. The van der Waals surface area contributed by atoms with E-state index < -0.39 is 0 Å². The van der Waals surface area contributed by atoms with Crippen LogP contribution in [-0.4, -0.2) is 16.5 Å². The Labute approximate surface area is 102 Å². The molecule has 1 saturated carbocycles. The fourth-order valence-electron chi connectivity index (χ4n) is 1.86. The summed E-state index contributed by atoms with van der Waals surface area (Å²) in [5, 5.41) is 3.43. The Hall–Kier alpha value is -1.36. The SMILES string of the molecule is CCCc1c(NN)ncnc1NCC1(C)CC1. The van der Waals surface area contributed by atoms with E-state index in [1.165, 1.54) is 12.8 Å². The van der Waals surface area contributed by atoms with Gasteiger partial charge in [0.15, 0.2) is 0 Å². The summed E-state index contributed by atoms with van der Waals surface area (Å²) in [5.41, 5.74) is 4.19. The van der Waals surface area contributed by atoms with Crippen molar-refractivity contribution < 1.29 is 0 Å². The summed E-state index contributed by atoms with van der Waals surface area (Å²) in [4.78, 5) is 8.47. The highest BCUT2D eigenvalue weighted by molar-refractivity contribution is 5.57. The minimum Gasteiger partial charge on any atom is -0.369 e. The molecule has 0 saturated heterocycles. The molecule has 1 aromatic heterocycles. The van der Waals surface area contributed by atoms with Crippen LogP contribution >= 0.6 is 0 Å². The van der Waals surface area contributed by atoms with Crippen molar-refractivity contribution >= 4 is 11.6 Å². The Balaban J connectivity index is 2.13. The summed E-state index contributed by atoms with van der Waals surface area (Å²) >= 11 is 0. The van der Waals surface area contributed by atoms with Gasteiger partial charge in [0.2, 0.25) is 0 Å². The maximum atomic E-state index is 5.48. The van der Waals surface area contributed by atoms with Crippen LogP contribution in [0.15, 0.2) is 6.33 Å². The number of hydrogen-bond acceptors (Lipinski definition) is 5. The van der Waals surface area contributed by atoms with E-state index in [-0.39, 0.29) is 0 Å². The zero-order chi connectivity index (χ0) is 12.3. The monoisotopic (exact) mass is 235 g/mol. The standard InChI is InChI=1S/C12H21N5/c1-3-4-9-10(14-7-12(2)5-6-12)15-8-16-11(9)17-13/h8H,3-7,13H2,1-2H3,(H2,14,15,16,17). The molecule has 0 unspecified atom stereocenters. The minimum atomic E-state index is 0.463. The quantitative estimate of drug-likeness (QED) is 0.519. The van der Waals surface area contributed by atoms with Crippen LogP contribution in [0.1, 0.15) is 38.7 Å². The van der Waals surface area contributed by atoms with Gasteiger partial charge in [0.1, 0.15) is 18.0 Å². The molecule has 0 bridgehead atoms. The van der Waals surface area contributed by atoms with E-state index in [4.69, 9.17) is 5.84 Å². The molecule has 0 aromatic carbocycles. The molecular formula is C12H21N5. The maximum Gasteiger partial charge on any atom is 0.148 e. The lowest BCUT2D eigenvalue weighted by atomic mass is 10.1. The van der Waals surface area contributed by atoms with Gasteiger partial charge in [0, 0.05) is 12.1 Å². The first kappa shape index (κ1) is 12.1. The van der Waals surface area contributed by atoms with Crippen LogP contribution in [0.25, 0.3) is 0 Å². The number of nitrogens with one attached hydrogen (secondary N) is 2. The van der Waals surface area contributed by atoms with Crippen molar-refractivity contribution in [3.05, 3.63) is 11.9 Å². The fourth-order valence-corrected chi connectivity index (χ4v) is 1.86. The van der Waals surface area contributed by atoms with E-state index in [1.807, 2.05) is 0 Å². The number of aromatic nitrogens is 2. The molecule has 94 valence electrons. The number of nitrogen functional groups attached to an aromatic ring is 1. The molecule has 2 rings (SSSR count). The van der Waals surface area contributed by atoms with Gasteiger partial charge in [-0.1, -0.05) is 20.3 Å². The molecule has 1 aromatic rings. The number of hydrazine groups is 1. The van der Waals surface area contributed by atoms with Gasteiger partial charge in [-0.05, 0) is 24.7 Å². The Morgan fingerprint density at radius 1 is 1.35 bits per heavy atom. The van der Waals surface area contributed by atoms with Crippen molar-refractivity contribution in [3.63, 3.8) is 0 Å². The smallest absolute Gasteiger partial charge is 0.148 e. The summed E-state index contributed by atoms with van der Waals surface area (Å²) in [5.74, 6) is 7.12. The van der Waals surface area contributed by atoms with Crippen LogP contribution in [0, 0.1) is 5.41 Å². The Bertz CT molecular complexity index is 386. The highest BCUT2D eigenvalue weighted by Crippen LogP contribution is 2.44. The van der Waals surface area contributed by atoms with E-state index in [2.05, 4.69) is 34.6 Å². The topological polar surface area (TPSA) is 75.9 Å². The molecule has 0 radical (unpaired) electrons. The van der Waals surface area contributed by atoms with Crippen LogP contribution in [-0.2, 0) is 6.42 Å². The van der Waals surface area contributed by atoms with Crippen molar-refractivity contribution in [1.82, 2.24) is 9.97 Å². The predicted octanol–water partition coefficient (Wildman–Crippen LogP) is 1.93. The molecule has 5 heteroatoms. The van der Waals surface area contributed by atoms with Crippen molar-refractivity contribution in [1.29, 1.82) is 0 Å².